The number of benzene rings is 6. The molecule has 3 heteroatoms. The standard InChI is InChI=1S/C15H12O2.C15H12O/c1-17-15-13-9-5-3-7-11(13)10-6-2-4-8-12(10)14(15)16;1-16-15-10-11-6-2-3-7-12(11)13-8-4-5-9-14(13)15/h2-9,16H,1H3;2-10H,1H3. The summed E-state index contributed by atoms with van der Waals surface area (Å²) < 4.78 is 10.8. The first-order chi connectivity index (χ1) is 16.2. The molecule has 0 saturated heterocycles. The number of rotatable bonds is 2. The van der Waals surface area contributed by atoms with Gasteiger partial charge in [0.25, 0.3) is 0 Å². The summed E-state index contributed by atoms with van der Waals surface area (Å²) in [6.07, 6.45) is 0. The van der Waals surface area contributed by atoms with Crippen LogP contribution in [0.2, 0.25) is 0 Å². The van der Waals surface area contributed by atoms with Crippen LogP contribution in [-0.2, 0) is 0 Å². The van der Waals surface area contributed by atoms with Gasteiger partial charge in [-0.25, -0.2) is 0 Å². The summed E-state index contributed by atoms with van der Waals surface area (Å²) in [6.45, 7) is 0. The molecule has 33 heavy (non-hydrogen) atoms. The summed E-state index contributed by atoms with van der Waals surface area (Å²) in [5.41, 5.74) is 0. The first-order valence-electron chi connectivity index (χ1n) is 10.8. The van der Waals surface area contributed by atoms with Gasteiger partial charge >= 0.3 is 0 Å². The van der Waals surface area contributed by atoms with Crippen LogP contribution in [0.1, 0.15) is 0 Å². The van der Waals surface area contributed by atoms with Crippen molar-refractivity contribution in [3.63, 3.8) is 0 Å². The van der Waals surface area contributed by atoms with Crippen LogP contribution >= 0.6 is 0 Å². The second kappa shape index (κ2) is 8.71. The molecule has 1 N–H and O–H groups in total. The van der Waals surface area contributed by atoms with Crippen molar-refractivity contribution in [2.75, 3.05) is 14.2 Å². The van der Waals surface area contributed by atoms with E-state index in [1.54, 1.807) is 14.2 Å². The Hall–Kier alpha value is -4.24. The van der Waals surface area contributed by atoms with Crippen LogP contribution in [0.5, 0.6) is 17.2 Å². The molecular formula is C30H24O3. The Labute approximate surface area is 192 Å². The molecule has 0 aliphatic rings. The maximum atomic E-state index is 10.2. The quantitative estimate of drug-likeness (QED) is 0.285. The van der Waals surface area contributed by atoms with Crippen LogP contribution < -0.4 is 9.47 Å². The van der Waals surface area contributed by atoms with E-state index in [1.807, 2.05) is 54.6 Å². The smallest absolute Gasteiger partial charge is 0.168 e. The predicted molar refractivity (Wildman–Crippen MR) is 138 cm³/mol. The van der Waals surface area contributed by atoms with Crippen molar-refractivity contribution in [1.82, 2.24) is 0 Å². The fourth-order valence-corrected chi connectivity index (χ4v) is 4.49. The molecule has 6 aromatic rings. The average Bonchev–Trinajstić information content (AvgIpc) is 2.89. The highest BCUT2D eigenvalue weighted by atomic mass is 16.5. The lowest BCUT2D eigenvalue weighted by atomic mass is 10.00. The maximum absolute atomic E-state index is 10.2. The number of phenolic OH excluding ortho intramolecular Hbond substituents is 1. The normalized spacial score (nSPS) is 10.8. The van der Waals surface area contributed by atoms with Gasteiger partial charge in [0, 0.05) is 16.2 Å². The number of phenols is 1. The van der Waals surface area contributed by atoms with Gasteiger partial charge in [-0.2, -0.15) is 0 Å². The van der Waals surface area contributed by atoms with Gasteiger partial charge in [-0.05, 0) is 33.0 Å². The van der Waals surface area contributed by atoms with Crippen molar-refractivity contribution in [3.05, 3.63) is 103 Å². The third-order valence-corrected chi connectivity index (χ3v) is 6.01. The van der Waals surface area contributed by atoms with Gasteiger partial charge < -0.3 is 14.6 Å². The Morgan fingerprint density at radius 3 is 1.55 bits per heavy atom. The Bertz CT molecular complexity index is 1600. The second-order valence-corrected chi connectivity index (χ2v) is 7.82. The van der Waals surface area contributed by atoms with Gasteiger partial charge in [-0.1, -0.05) is 97.1 Å². The van der Waals surface area contributed by atoms with Crippen molar-refractivity contribution in [3.8, 4) is 17.2 Å². The molecule has 162 valence electrons. The van der Waals surface area contributed by atoms with E-state index in [4.69, 9.17) is 9.47 Å². The van der Waals surface area contributed by atoms with Gasteiger partial charge in [-0.15, -0.1) is 0 Å². The van der Waals surface area contributed by atoms with Crippen LogP contribution in [0.25, 0.3) is 43.1 Å². The number of aromatic hydroxyl groups is 1. The zero-order chi connectivity index (χ0) is 22.8. The number of ether oxygens (including phenoxy) is 2. The molecule has 0 amide bonds. The summed E-state index contributed by atoms with van der Waals surface area (Å²) in [7, 11) is 3.30. The second-order valence-electron chi connectivity index (χ2n) is 7.82. The predicted octanol–water partition coefficient (Wildman–Crippen LogP) is 7.71. The van der Waals surface area contributed by atoms with Gasteiger partial charge in [0.15, 0.2) is 11.5 Å². The fourth-order valence-electron chi connectivity index (χ4n) is 4.49. The molecule has 0 bridgehead atoms. The Kier molecular flexibility index (Phi) is 5.45. The summed E-state index contributed by atoms with van der Waals surface area (Å²) in [5, 5.41) is 19.0. The van der Waals surface area contributed by atoms with Crippen molar-refractivity contribution in [2.24, 2.45) is 0 Å². The lowest BCUT2D eigenvalue weighted by molar-refractivity contribution is 0.381. The third kappa shape index (κ3) is 3.58. The van der Waals surface area contributed by atoms with E-state index in [9.17, 15) is 5.11 Å². The topological polar surface area (TPSA) is 38.7 Å². The number of fused-ring (bicyclic) bond motifs is 6. The highest BCUT2D eigenvalue weighted by molar-refractivity contribution is 6.13. The van der Waals surface area contributed by atoms with E-state index in [0.29, 0.717) is 5.75 Å². The number of methoxy groups -OCH3 is 2. The maximum Gasteiger partial charge on any atom is 0.168 e. The van der Waals surface area contributed by atoms with Crippen LogP contribution in [0.4, 0.5) is 0 Å². The fraction of sp³-hybridized carbons (Fsp3) is 0.0667. The van der Waals surface area contributed by atoms with E-state index < -0.39 is 0 Å². The van der Waals surface area contributed by atoms with Gasteiger partial charge in [0.05, 0.1) is 14.2 Å². The largest absolute Gasteiger partial charge is 0.504 e. The number of hydrogen-bond donors (Lipinski definition) is 1. The molecule has 0 fully saturated rings. The van der Waals surface area contributed by atoms with Crippen LogP contribution in [0, 0.1) is 0 Å². The molecule has 0 radical (unpaired) electrons. The zero-order valence-corrected chi connectivity index (χ0v) is 18.6. The molecule has 6 rings (SSSR count). The summed E-state index contributed by atoms with van der Waals surface area (Å²) >= 11 is 0. The van der Waals surface area contributed by atoms with E-state index in [-0.39, 0.29) is 5.75 Å². The highest BCUT2D eigenvalue weighted by Gasteiger charge is 2.13. The third-order valence-electron chi connectivity index (χ3n) is 6.01. The molecule has 0 aromatic heterocycles. The molecule has 0 heterocycles. The highest BCUT2D eigenvalue weighted by Crippen LogP contribution is 2.42. The Morgan fingerprint density at radius 2 is 0.939 bits per heavy atom. The summed E-state index contributed by atoms with van der Waals surface area (Å²) in [4.78, 5) is 0. The lowest BCUT2D eigenvalue weighted by Crippen LogP contribution is -1.88. The monoisotopic (exact) mass is 432 g/mol. The molecule has 0 aliphatic carbocycles. The minimum absolute atomic E-state index is 0.210. The Balaban J connectivity index is 0.000000139. The molecule has 0 unspecified atom stereocenters. The van der Waals surface area contributed by atoms with Gasteiger partial charge in [-0.3, -0.25) is 0 Å². The van der Waals surface area contributed by atoms with Crippen molar-refractivity contribution in [2.45, 2.75) is 0 Å². The number of hydrogen-bond acceptors (Lipinski definition) is 3. The van der Waals surface area contributed by atoms with Crippen molar-refractivity contribution >= 4 is 43.1 Å². The van der Waals surface area contributed by atoms with Crippen LogP contribution in [-0.4, -0.2) is 19.3 Å². The summed E-state index contributed by atoms with van der Waals surface area (Å²) in [5.74, 6) is 1.69. The summed E-state index contributed by atoms with van der Waals surface area (Å²) in [6, 6.07) is 34.6. The van der Waals surface area contributed by atoms with E-state index >= 15 is 0 Å². The molecule has 3 nitrogen and oxygen atoms in total. The van der Waals surface area contributed by atoms with E-state index in [1.165, 1.54) is 21.5 Å². The van der Waals surface area contributed by atoms with Crippen LogP contribution in [0.3, 0.4) is 0 Å². The van der Waals surface area contributed by atoms with Gasteiger partial charge in [0.1, 0.15) is 5.75 Å². The molecule has 0 saturated carbocycles. The van der Waals surface area contributed by atoms with Gasteiger partial charge in [0.2, 0.25) is 0 Å². The molecular weight excluding hydrogens is 408 g/mol. The first kappa shape index (κ1) is 20.7. The molecule has 0 aliphatic heterocycles. The molecule has 6 aromatic carbocycles. The molecule has 0 atom stereocenters. The van der Waals surface area contributed by atoms with E-state index in [2.05, 4.69) is 48.5 Å². The Morgan fingerprint density at radius 1 is 0.485 bits per heavy atom. The SMILES string of the molecule is COc1c(O)c2ccccc2c2ccccc12.COc1cc2ccccc2c2ccccc12. The lowest BCUT2D eigenvalue weighted by Gasteiger charge is -2.11. The van der Waals surface area contributed by atoms with Crippen molar-refractivity contribution in [1.29, 1.82) is 0 Å². The molecule has 0 spiro atoms. The average molecular weight is 433 g/mol. The first-order valence-corrected chi connectivity index (χ1v) is 10.8. The minimum atomic E-state index is 0.210. The van der Waals surface area contributed by atoms with E-state index in [0.717, 1.165) is 27.3 Å². The minimum Gasteiger partial charge on any atom is -0.504 e. The van der Waals surface area contributed by atoms with Crippen LogP contribution in [0.15, 0.2) is 103 Å². The zero-order valence-electron chi connectivity index (χ0n) is 18.6. The van der Waals surface area contributed by atoms with Crippen molar-refractivity contribution < 1.29 is 14.6 Å².